The van der Waals surface area contributed by atoms with Gasteiger partial charge in [-0.25, -0.2) is 9.29 Å². The molecule has 1 aromatic heterocycles. The SMILES string of the molecule is CO/N=C(\C(=O)NC1C(=O)N(S(=O)(=O)O)C1CNC(=O)c1ccccc1)c1csc(N)n1. The maximum absolute atomic E-state index is 12.7. The van der Waals surface area contributed by atoms with E-state index in [-0.39, 0.29) is 27.4 Å². The summed E-state index contributed by atoms with van der Waals surface area (Å²) in [5, 5.41) is 9.99. The third kappa shape index (κ3) is 4.84. The van der Waals surface area contributed by atoms with E-state index in [1.165, 1.54) is 24.6 Å². The second kappa shape index (κ2) is 9.29. The van der Waals surface area contributed by atoms with Gasteiger partial charge < -0.3 is 21.2 Å². The number of anilines is 1. The van der Waals surface area contributed by atoms with Gasteiger partial charge in [0.2, 0.25) is 0 Å². The van der Waals surface area contributed by atoms with E-state index in [9.17, 15) is 27.4 Å². The first-order chi connectivity index (χ1) is 15.1. The Kier molecular flexibility index (Phi) is 6.71. The average Bonchev–Trinajstić information content (AvgIpc) is 3.17. The van der Waals surface area contributed by atoms with Crippen molar-refractivity contribution < 1.29 is 32.2 Å². The highest BCUT2D eigenvalue weighted by Crippen LogP contribution is 2.23. The number of nitrogen functional groups attached to an aromatic ring is 1. The van der Waals surface area contributed by atoms with Crippen molar-refractivity contribution in [1.29, 1.82) is 0 Å². The predicted molar refractivity (Wildman–Crippen MR) is 113 cm³/mol. The number of nitrogens with two attached hydrogens (primary N) is 1. The van der Waals surface area contributed by atoms with Crippen LogP contribution in [0.2, 0.25) is 0 Å². The Morgan fingerprint density at radius 1 is 1.34 bits per heavy atom. The number of carbonyl (C=O) groups excluding carboxylic acids is 3. The van der Waals surface area contributed by atoms with Crippen LogP contribution < -0.4 is 16.4 Å². The number of amides is 3. The number of hydrogen-bond acceptors (Lipinski definition) is 10. The second-order valence-corrected chi connectivity index (χ2v) is 8.58. The van der Waals surface area contributed by atoms with Crippen LogP contribution in [0.4, 0.5) is 5.13 Å². The third-order valence-corrected chi connectivity index (χ3v) is 6.00. The molecule has 0 bridgehead atoms. The molecule has 0 saturated carbocycles. The van der Waals surface area contributed by atoms with Gasteiger partial charge in [-0.15, -0.1) is 11.3 Å². The molecule has 32 heavy (non-hydrogen) atoms. The monoisotopic (exact) mass is 482 g/mol. The first kappa shape index (κ1) is 23.1. The van der Waals surface area contributed by atoms with Gasteiger partial charge in [-0.3, -0.25) is 18.9 Å². The molecule has 2 aromatic rings. The van der Waals surface area contributed by atoms with Crippen LogP contribution in [-0.4, -0.2) is 71.4 Å². The van der Waals surface area contributed by atoms with E-state index < -0.39 is 40.1 Å². The molecule has 1 saturated heterocycles. The summed E-state index contributed by atoms with van der Waals surface area (Å²) in [4.78, 5) is 45.9. The fourth-order valence-corrected chi connectivity index (χ4v) is 4.38. The average molecular weight is 483 g/mol. The lowest BCUT2D eigenvalue weighted by atomic mass is 9.98. The van der Waals surface area contributed by atoms with Crippen LogP contribution in [0, 0.1) is 0 Å². The van der Waals surface area contributed by atoms with E-state index in [1.54, 1.807) is 18.2 Å². The molecular formula is C17H18N6O7S2. The van der Waals surface area contributed by atoms with E-state index >= 15 is 0 Å². The maximum Gasteiger partial charge on any atom is 0.362 e. The van der Waals surface area contributed by atoms with Crippen molar-refractivity contribution in [3.8, 4) is 0 Å². The summed E-state index contributed by atoms with van der Waals surface area (Å²) in [7, 11) is -3.73. The van der Waals surface area contributed by atoms with Crippen molar-refractivity contribution in [1.82, 2.24) is 19.9 Å². The van der Waals surface area contributed by atoms with Crippen molar-refractivity contribution in [3.63, 3.8) is 0 Å². The predicted octanol–water partition coefficient (Wildman–Crippen LogP) is -0.996. The van der Waals surface area contributed by atoms with Crippen molar-refractivity contribution in [2.24, 2.45) is 5.16 Å². The zero-order valence-electron chi connectivity index (χ0n) is 16.5. The van der Waals surface area contributed by atoms with Gasteiger partial charge in [0, 0.05) is 17.5 Å². The fraction of sp³-hybridized carbons (Fsp3) is 0.235. The van der Waals surface area contributed by atoms with Crippen molar-refractivity contribution in [2.45, 2.75) is 12.1 Å². The first-order valence-corrected chi connectivity index (χ1v) is 11.2. The minimum atomic E-state index is -4.93. The Morgan fingerprint density at radius 3 is 2.59 bits per heavy atom. The van der Waals surface area contributed by atoms with Gasteiger partial charge in [0.15, 0.2) is 10.8 Å². The summed E-state index contributed by atoms with van der Waals surface area (Å²) in [6, 6.07) is 5.40. The number of oxime groups is 1. The number of benzene rings is 1. The van der Waals surface area contributed by atoms with Crippen LogP contribution >= 0.6 is 11.3 Å². The van der Waals surface area contributed by atoms with E-state index in [2.05, 4.69) is 25.6 Å². The van der Waals surface area contributed by atoms with E-state index in [1.807, 2.05) is 0 Å². The van der Waals surface area contributed by atoms with Crippen LogP contribution in [0.1, 0.15) is 16.1 Å². The molecule has 5 N–H and O–H groups in total. The second-order valence-electron chi connectivity index (χ2n) is 6.40. The normalized spacial score (nSPS) is 18.6. The quantitative estimate of drug-likeness (QED) is 0.158. The molecule has 170 valence electrons. The Bertz CT molecular complexity index is 1170. The summed E-state index contributed by atoms with van der Waals surface area (Å²) in [6.07, 6.45) is 0. The standard InChI is InChI=1S/C17H18N6O7S2/c1-30-22-12(10-8-31-17(18)20-10)15(25)21-13-11(23(16(13)26)32(27,28)29)7-19-14(24)9-5-3-2-4-6-9/h2-6,8,11,13H,7H2,1H3,(H2,18,20)(H,19,24)(H,21,25)(H,27,28,29)/b22-12-. The van der Waals surface area contributed by atoms with E-state index in [4.69, 9.17) is 5.73 Å². The van der Waals surface area contributed by atoms with Crippen LogP contribution in [0.3, 0.4) is 0 Å². The molecule has 3 amide bonds. The van der Waals surface area contributed by atoms with Crippen LogP contribution in [-0.2, 0) is 24.7 Å². The molecule has 13 nitrogen and oxygen atoms in total. The topological polar surface area (TPSA) is 193 Å². The number of nitrogens with one attached hydrogen (secondary N) is 2. The van der Waals surface area contributed by atoms with Crippen LogP contribution in [0.15, 0.2) is 40.9 Å². The number of nitrogens with zero attached hydrogens (tertiary/aromatic N) is 3. The number of thiazole rings is 1. The van der Waals surface area contributed by atoms with Gasteiger partial charge in [-0.1, -0.05) is 23.4 Å². The highest BCUT2D eigenvalue weighted by molar-refractivity contribution is 7.84. The number of β-lactam (4-membered cyclic amide) rings is 1. The number of carbonyl (C=O) groups is 3. The first-order valence-electron chi connectivity index (χ1n) is 8.90. The van der Waals surface area contributed by atoms with Crippen molar-refractivity contribution in [2.75, 3.05) is 19.4 Å². The molecule has 0 spiro atoms. The molecule has 0 radical (unpaired) electrons. The summed E-state index contributed by atoms with van der Waals surface area (Å²) < 4.78 is 32.8. The smallest absolute Gasteiger partial charge is 0.362 e. The molecule has 3 rings (SSSR count). The van der Waals surface area contributed by atoms with Crippen LogP contribution in [0.5, 0.6) is 0 Å². The molecular weight excluding hydrogens is 464 g/mol. The summed E-state index contributed by atoms with van der Waals surface area (Å²) in [5.41, 5.74) is 5.64. The van der Waals surface area contributed by atoms with Gasteiger partial charge in [0.05, 0.1) is 6.04 Å². The lowest BCUT2D eigenvalue weighted by Crippen LogP contribution is -2.74. The van der Waals surface area contributed by atoms with E-state index in [0.29, 0.717) is 5.56 Å². The summed E-state index contributed by atoms with van der Waals surface area (Å²) in [5.74, 6) is -2.52. The minimum absolute atomic E-state index is 0.0826. The zero-order chi connectivity index (χ0) is 23.5. The Balaban J connectivity index is 1.77. The van der Waals surface area contributed by atoms with Crippen molar-refractivity contribution in [3.05, 3.63) is 47.0 Å². The van der Waals surface area contributed by atoms with Gasteiger partial charge in [0.25, 0.3) is 17.7 Å². The summed E-state index contributed by atoms with van der Waals surface area (Å²) in [6.45, 7) is -0.370. The Labute approximate surface area is 186 Å². The molecule has 15 heteroatoms. The highest BCUT2D eigenvalue weighted by Gasteiger charge is 2.54. The molecule has 2 unspecified atom stereocenters. The minimum Gasteiger partial charge on any atom is -0.398 e. The van der Waals surface area contributed by atoms with Crippen molar-refractivity contribution >= 4 is 50.2 Å². The Hall–Kier alpha value is -3.56. The largest absolute Gasteiger partial charge is 0.398 e. The molecule has 1 aliphatic rings. The van der Waals surface area contributed by atoms with Gasteiger partial charge >= 0.3 is 10.3 Å². The number of rotatable bonds is 8. The molecule has 2 atom stereocenters. The van der Waals surface area contributed by atoms with Gasteiger partial charge in [-0.05, 0) is 12.1 Å². The third-order valence-electron chi connectivity index (χ3n) is 4.37. The fourth-order valence-electron chi connectivity index (χ4n) is 2.95. The maximum atomic E-state index is 12.7. The molecule has 2 heterocycles. The number of hydrogen-bond donors (Lipinski definition) is 4. The molecule has 1 aromatic carbocycles. The van der Waals surface area contributed by atoms with E-state index in [0.717, 1.165) is 11.3 Å². The summed E-state index contributed by atoms with van der Waals surface area (Å²) >= 11 is 1.04. The Morgan fingerprint density at radius 2 is 2.03 bits per heavy atom. The zero-order valence-corrected chi connectivity index (χ0v) is 18.1. The van der Waals surface area contributed by atoms with Gasteiger partial charge in [0.1, 0.15) is 18.8 Å². The van der Waals surface area contributed by atoms with Gasteiger partial charge in [-0.2, -0.15) is 8.42 Å². The highest BCUT2D eigenvalue weighted by atomic mass is 32.2. The van der Waals surface area contributed by atoms with Crippen LogP contribution in [0.25, 0.3) is 0 Å². The number of aromatic nitrogens is 1. The molecule has 1 fully saturated rings. The molecule has 1 aliphatic heterocycles. The lowest BCUT2D eigenvalue weighted by molar-refractivity contribution is -0.144. The molecule has 0 aliphatic carbocycles. The lowest BCUT2D eigenvalue weighted by Gasteiger charge is -2.44.